The quantitative estimate of drug-likeness (QED) is 0.586. The van der Waals surface area contributed by atoms with Crippen LogP contribution in [0, 0.1) is 0 Å². The number of ether oxygens (including phenoxy) is 1. The molecule has 0 atom stereocenters. The Morgan fingerprint density at radius 1 is 1.21 bits per heavy atom. The largest absolute Gasteiger partial charge is 0.495 e. The summed E-state index contributed by atoms with van der Waals surface area (Å²) in [5, 5.41) is 0.574. The van der Waals surface area contributed by atoms with Crippen molar-refractivity contribution < 1.29 is 9.15 Å². The van der Waals surface area contributed by atoms with E-state index in [1.165, 1.54) is 11.3 Å². The summed E-state index contributed by atoms with van der Waals surface area (Å²) >= 11 is 6.24. The van der Waals surface area contributed by atoms with Gasteiger partial charge in [-0.3, -0.25) is 4.90 Å². The van der Waals surface area contributed by atoms with E-state index in [1.54, 1.807) is 7.11 Å². The van der Waals surface area contributed by atoms with Crippen molar-refractivity contribution in [2.45, 2.75) is 45.7 Å². The zero-order valence-corrected chi connectivity index (χ0v) is 18.1. The van der Waals surface area contributed by atoms with Crippen molar-refractivity contribution in [3.63, 3.8) is 0 Å². The van der Waals surface area contributed by atoms with Gasteiger partial charge >= 0.3 is 0 Å². The van der Waals surface area contributed by atoms with Crippen LogP contribution in [0.4, 0.5) is 0 Å². The highest BCUT2D eigenvalue weighted by molar-refractivity contribution is 6.32. The number of halogens is 1. The van der Waals surface area contributed by atoms with Crippen LogP contribution < -0.4 is 4.74 Å². The Morgan fingerprint density at radius 3 is 2.76 bits per heavy atom. The van der Waals surface area contributed by atoms with Crippen LogP contribution >= 0.6 is 11.6 Å². The second-order valence-electron chi connectivity index (χ2n) is 8.49. The SMILES string of the molecule is COc1ccc(-c2ccc(CN3CCc4nc(C(C)(C)C)ncc4C3)o2)cc1Cl. The molecule has 0 amide bonds. The topological polar surface area (TPSA) is 51.4 Å². The molecule has 0 aliphatic carbocycles. The van der Waals surface area contributed by atoms with E-state index in [9.17, 15) is 0 Å². The summed E-state index contributed by atoms with van der Waals surface area (Å²) in [6.07, 6.45) is 2.92. The lowest BCUT2D eigenvalue weighted by Gasteiger charge is -2.28. The van der Waals surface area contributed by atoms with Crippen LogP contribution in [-0.4, -0.2) is 28.5 Å². The van der Waals surface area contributed by atoms with Crippen LogP contribution in [0.5, 0.6) is 5.75 Å². The van der Waals surface area contributed by atoms with Gasteiger partial charge in [0.25, 0.3) is 0 Å². The van der Waals surface area contributed by atoms with Crippen molar-refractivity contribution in [2.75, 3.05) is 13.7 Å². The van der Waals surface area contributed by atoms with Gasteiger partial charge in [-0.05, 0) is 30.3 Å². The maximum Gasteiger partial charge on any atom is 0.137 e. The fraction of sp³-hybridized carbons (Fsp3) is 0.391. The first-order valence-electron chi connectivity index (χ1n) is 9.84. The predicted molar refractivity (Wildman–Crippen MR) is 114 cm³/mol. The minimum absolute atomic E-state index is 0.0267. The lowest BCUT2D eigenvalue weighted by Crippen LogP contribution is -2.31. The van der Waals surface area contributed by atoms with E-state index in [2.05, 4.69) is 30.7 Å². The number of furan rings is 1. The Bertz CT molecular complexity index is 1020. The third-order valence-corrected chi connectivity index (χ3v) is 5.46. The minimum atomic E-state index is -0.0267. The first kappa shape index (κ1) is 19.9. The van der Waals surface area contributed by atoms with Crippen LogP contribution in [-0.2, 0) is 24.9 Å². The van der Waals surface area contributed by atoms with E-state index in [1.807, 2.05) is 36.5 Å². The van der Waals surface area contributed by atoms with Crippen LogP contribution in [0.1, 0.15) is 43.6 Å². The average Bonchev–Trinajstić information content (AvgIpc) is 3.15. The van der Waals surface area contributed by atoms with Gasteiger partial charge in [0.05, 0.1) is 18.7 Å². The van der Waals surface area contributed by atoms with E-state index in [-0.39, 0.29) is 5.41 Å². The molecule has 6 heteroatoms. The maximum atomic E-state index is 6.24. The number of methoxy groups -OCH3 is 1. The van der Waals surface area contributed by atoms with E-state index in [0.717, 1.165) is 49.0 Å². The Kier molecular flexibility index (Phi) is 5.36. The molecule has 1 aromatic carbocycles. The highest BCUT2D eigenvalue weighted by Crippen LogP contribution is 2.31. The highest BCUT2D eigenvalue weighted by Gasteiger charge is 2.23. The molecule has 0 N–H and O–H groups in total. The second-order valence-corrected chi connectivity index (χ2v) is 8.90. The fourth-order valence-corrected chi connectivity index (χ4v) is 3.79. The molecule has 0 unspecified atom stereocenters. The van der Waals surface area contributed by atoms with Crippen LogP contribution in [0.25, 0.3) is 11.3 Å². The van der Waals surface area contributed by atoms with E-state index < -0.39 is 0 Å². The summed E-state index contributed by atoms with van der Waals surface area (Å²) in [7, 11) is 1.61. The van der Waals surface area contributed by atoms with Crippen molar-refractivity contribution in [3.8, 4) is 17.1 Å². The van der Waals surface area contributed by atoms with Gasteiger partial charge in [-0.15, -0.1) is 0 Å². The summed E-state index contributed by atoms with van der Waals surface area (Å²) in [5.41, 5.74) is 3.29. The van der Waals surface area contributed by atoms with Crippen molar-refractivity contribution >= 4 is 11.6 Å². The number of benzene rings is 1. The van der Waals surface area contributed by atoms with Crippen molar-refractivity contribution in [1.29, 1.82) is 0 Å². The molecule has 0 spiro atoms. The summed E-state index contributed by atoms with van der Waals surface area (Å²) < 4.78 is 11.3. The Labute approximate surface area is 176 Å². The molecular formula is C23H26ClN3O2. The molecule has 5 nitrogen and oxygen atoms in total. The lowest BCUT2D eigenvalue weighted by molar-refractivity contribution is 0.223. The van der Waals surface area contributed by atoms with Gasteiger partial charge in [-0.25, -0.2) is 9.97 Å². The number of aromatic nitrogens is 2. The summed E-state index contributed by atoms with van der Waals surface area (Å²) in [6.45, 7) is 8.99. The van der Waals surface area contributed by atoms with Crippen molar-refractivity contribution in [3.05, 3.63) is 64.4 Å². The second kappa shape index (κ2) is 7.81. The standard InChI is InChI=1S/C23H26ClN3O2/c1-23(2,3)22-25-12-16-13-27(10-9-19(16)26-22)14-17-6-8-20(29-17)15-5-7-21(28-4)18(24)11-15/h5-8,11-12H,9-10,13-14H2,1-4H3. The third kappa shape index (κ3) is 4.31. The van der Waals surface area contributed by atoms with Crippen LogP contribution in [0.15, 0.2) is 40.9 Å². The average molecular weight is 412 g/mol. The Balaban J connectivity index is 1.45. The smallest absolute Gasteiger partial charge is 0.137 e. The van der Waals surface area contributed by atoms with Gasteiger partial charge in [0.2, 0.25) is 0 Å². The molecule has 2 aromatic heterocycles. The number of fused-ring (bicyclic) bond motifs is 1. The molecule has 0 fully saturated rings. The Hall–Kier alpha value is -2.37. The summed E-state index contributed by atoms with van der Waals surface area (Å²) in [4.78, 5) is 11.8. The minimum Gasteiger partial charge on any atom is -0.495 e. The predicted octanol–water partition coefficient (Wildman–Crippen LogP) is 5.25. The highest BCUT2D eigenvalue weighted by atomic mass is 35.5. The fourth-order valence-electron chi connectivity index (χ4n) is 3.53. The van der Waals surface area contributed by atoms with Gasteiger partial charge in [-0.2, -0.15) is 0 Å². The lowest BCUT2D eigenvalue weighted by atomic mass is 9.95. The Morgan fingerprint density at radius 2 is 2.03 bits per heavy atom. The van der Waals surface area contributed by atoms with Crippen molar-refractivity contribution in [2.24, 2.45) is 0 Å². The molecule has 1 aliphatic rings. The molecule has 4 rings (SSSR count). The van der Waals surface area contributed by atoms with Crippen LogP contribution in [0.3, 0.4) is 0 Å². The van der Waals surface area contributed by atoms with E-state index in [4.69, 9.17) is 25.7 Å². The van der Waals surface area contributed by atoms with Gasteiger partial charge in [0, 0.05) is 47.9 Å². The molecule has 1 aliphatic heterocycles. The van der Waals surface area contributed by atoms with Crippen molar-refractivity contribution in [1.82, 2.24) is 14.9 Å². The number of rotatable bonds is 4. The van der Waals surface area contributed by atoms with E-state index >= 15 is 0 Å². The molecule has 0 bridgehead atoms. The monoisotopic (exact) mass is 411 g/mol. The zero-order valence-electron chi connectivity index (χ0n) is 17.3. The van der Waals surface area contributed by atoms with Crippen LogP contribution in [0.2, 0.25) is 5.02 Å². The molecule has 29 heavy (non-hydrogen) atoms. The third-order valence-electron chi connectivity index (χ3n) is 5.16. The van der Waals surface area contributed by atoms with Gasteiger partial charge in [0.15, 0.2) is 0 Å². The molecule has 152 valence electrons. The van der Waals surface area contributed by atoms with Gasteiger partial charge in [0.1, 0.15) is 23.1 Å². The molecule has 3 heterocycles. The molecule has 0 saturated heterocycles. The normalized spacial score (nSPS) is 14.7. The van der Waals surface area contributed by atoms with Gasteiger partial charge in [-0.1, -0.05) is 32.4 Å². The first-order chi connectivity index (χ1) is 13.8. The first-order valence-corrected chi connectivity index (χ1v) is 10.2. The summed E-state index contributed by atoms with van der Waals surface area (Å²) in [6, 6.07) is 9.69. The zero-order chi connectivity index (χ0) is 20.6. The molecule has 3 aromatic rings. The molecule has 0 radical (unpaired) electrons. The van der Waals surface area contributed by atoms with Gasteiger partial charge < -0.3 is 9.15 Å². The number of nitrogens with zero attached hydrogens (tertiary/aromatic N) is 3. The van der Waals surface area contributed by atoms with E-state index in [0.29, 0.717) is 10.8 Å². The number of hydrogen-bond donors (Lipinski definition) is 0. The summed E-state index contributed by atoms with van der Waals surface area (Å²) in [5.74, 6) is 3.31. The maximum absolute atomic E-state index is 6.24. The molecular weight excluding hydrogens is 386 g/mol. The number of hydrogen-bond acceptors (Lipinski definition) is 5. The molecule has 0 saturated carbocycles.